The lowest BCUT2D eigenvalue weighted by Gasteiger charge is -2.18. The Morgan fingerprint density at radius 3 is 2.60 bits per heavy atom. The van der Waals surface area contributed by atoms with Gasteiger partial charge in [-0.05, 0) is 17.5 Å². The fraction of sp³-hybridized carbons (Fsp3) is 0.417. The minimum absolute atomic E-state index is 0.0563. The van der Waals surface area contributed by atoms with Crippen LogP contribution in [-0.4, -0.2) is 16.3 Å². The molecule has 0 aromatic heterocycles. The van der Waals surface area contributed by atoms with Crippen molar-refractivity contribution in [3.8, 4) is 6.07 Å². The molecule has 0 saturated heterocycles. The van der Waals surface area contributed by atoms with E-state index in [0.29, 0.717) is 5.56 Å². The van der Waals surface area contributed by atoms with Crippen LogP contribution in [0.15, 0.2) is 24.3 Å². The van der Waals surface area contributed by atoms with Gasteiger partial charge in [-0.25, -0.2) is 0 Å². The summed E-state index contributed by atoms with van der Waals surface area (Å²) in [6.45, 7) is 1.99. The van der Waals surface area contributed by atoms with E-state index in [1.165, 1.54) is 0 Å². The smallest absolute Gasteiger partial charge is 0.106 e. The number of nitrogens with zero attached hydrogens (tertiary/aromatic N) is 1. The first kappa shape index (κ1) is 11.7. The molecule has 2 unspecified atom stereocenters. The molecule has 2 N–H and O–H groups in total. The van der Waals surface area contributed by atoms with Crippen LogP contribution in [0.4, 0.5) is 0 Å². The van der Waals surface area contributed by atoms with Crippen molar-refractivity contribution in [1.29, 1.82) is 5.26 Å². The Bertz CT molecular complexity index is 357. The van der Waals surface area contributed by atoms with Crippen LogP contribution in [0.2, 0.25) is 0 Å². The molecule has 0 spiro atoms. The fourth-order valence-corrected chi connectivity index (χ4v) is 1.56. The number of hydrogen-bond acceptors (Lipinski definition) is 3. The van der Waals surface area contributed by atoms with Crippen molar-refractivity contribution in [3.05, 3.63) is 35.4 Å². The highest BCUT2D eigenvalue weighted by atomic mass is 16.3. The van der Waals surface area contributed by atoms with Gasteiger partial charge in [0.25, 0.3) is 0 Å². The molecule has 0 radical (unpaired) electrons. The summed E-state index contributed by atoms with van der Waals surface area (Å²) in [5.74, 6) is 0. The van der Waals surface area contributed by atoms with Gasteiger partial charge in [0.2, 0.25) is 0 Å². The molecule has 0 aliphatic carbocycles. The summed E-state index contributed by atoms with van der Waals surface area (Å²) >= 11 is 0. The summed E-state index contributed by atoms with van der Waals surface area (Å²) in [7, 11) is 0. The number of aliphatic hydroxyl groups excluding tert-OH is 2. The first-order valence-corrected chi connectivity index (χ1v) is 5.01. The zero-order valence-electron chi connectivity index (χ0n) is 8.72. The second-order valence-corrected chi connectivity index (χ2v) is 3.43. The number of aryl methyl sites for hydroxylation is 1. The minimum Gasteiger partial charge on any atom is -0.389 e. The predicted molar refractivity (Wildman–Crippen MR) is 57.0 cm³/mol. The highest BCUT2D eigenvalue weighted by molar-refractivity contribution is 5.29. The van der Waals surface area contributed by atoms with Gasteiger partial charge in [0.1, 0.15) is 6.10 Å². The van der Waals surface area contributed by atoms with Crippen molar-refractivity contribution < 1.29 is 10.2 Å². The van der Waals surface area contributed by atoms with E-state index in [4.69, 9.17) is 5.26 Å². The van der Waals surface area contributed by atoms with Crippen LogP contribution in [0.1, 0.15) is 30.6 Å². The Morgan fingerprint density at radius 2 is 2.00 bits per heavy atom. The van der Waals surface area contributed by atoms with Gasteiger partial charge in [-0.15, -0.1) is 0 Å². The first-order chi connectivity index (χ1) is 7.20. The van der Waals surface area contributed by atoms with Gasteiger partial charge >= 0.3 is 0 Å². The molecule has 0 aliphatic heterocycles. The molecular weight excluding hydrogens is 190 g/mol. The van der Waals surface area contributed by atoms with Crippen LogP contribution in [0.5, 0.6) is 0 Å². The third-order valence-corrected chi connectivity index (χ3v) is 2.42. The van der Waals surface area contributed by atoms with Crippen molar-refractivity contribution in [1.82, 2.24) is 0 Å². The summed E-state index contributed by atoms with van der Waals surface area (Å²) in [5, 5.41) is 27.8. The molecule has 0 bridgehead atoms. The Morgan fingerprint density at radius 1 is 1.33 bits per heavy atom. The predicted octanol–water partition coefficient (Wildman–Crippen LogP) is 1.56. The van der Waals surface area contributed by atoms with Crippen molar-refractivity contribution >= 4 is 0 Å². The van der Waals surface area contributed by atoms with Gasteiger partial charge in [-0.3, -0.25) is 0 Å². The van der Waals surface area contributed by atoms with Gasteiger partial charge < -0.3 is 10.2 Å². The maximum atomic E-state index is 9.83. The zero-order chi connectivity index (χ0) is 11.3. The lowest BCUT2D eigenvalue weighted by Crippen LogP contribution is -2.18. The number of aliphatic hydroxyl groups is 2. The van der Waals surface area contributed by atoms with Gasteiger partial charge in [-0.2, -0.15) is 5.26 Å². The summed E-state index contributed by atoms with van der Waals surface area (Å²) in [5.41, 5.74) is 1.71. The molecule has 2 atom stereocenters. The molecule has 0 aliphatic rings. The number of hydrogen-bond donors (Lipinski definition) is 2. The zero-order valence-corrected chi connectivity index (χ0v) is 8.72. The molecule has 0 amide bonds. The lowest BCUT2D eigenvalue weighted by molar-refractivity contribution is 0.0211. The molecule has 3 heteroatoms. The molecule has 80 valence electrons. The van der Waals surface area contributed by atoms with Crippen LogP contribution < -0.4 is 0 Å². The van der Waals surface area contributed by atoms with E-state index in [2.05, 4.69) is 0 Å². The molecule has 0 heterocycles. The molecule has 1 rings (SSSR count). The van der Waals surface area contributed by atoms with E-state index in [0.717, 1.165) is 12.0 Å². The Balaban J connectivity index is 2.90. The van der Waals surface area contributed by atoms with E-state index >= 15 is 0 Å². The molecular formula is C12H15NO2. The summed E-state index contributed by atoms with van der Waals surface area (Å²) in [4.78, 5) is 0. The molecule has 0 saturated carbocycles. The van der Waals surface area contributed by atoms with E-state index in [9.17, 15) is 10.2 Å². The average Bonchev–Trinajstić information content (AvgIpc) is 2.28. The maximum Gasteiger partial charge on any atom is 0.106 e. The highest BCUT2D eigenvalue weighted by Gasteiger charge is 2.19. The second kappa shape index (κ2) is 5.50. The summed E-state index contributed by atoms with van der Waals surface area (Å²) in [6.07, 6.45) is -1.24. The van der Waals surface area contributed by atoms with Crippen molar-refractivity contribution in [2.45, 2.75) is 32.0 Å². The third-order valence-electron chi connectivity index (χ3n) is 2.42. The standard InChI is InChI=1S/C12H15NO2/c1-2-9-5-3-4-6-10(9)12(15)11(14)7-8-13/h3-6,11-12,14-15H,2,7H2,1H3. The minimum atomic E-state index is -1.01. The van der Waals surface area contributed by atoms with Gasteiger partial charge in [0.15, 0.2) is 0 Å². The largest absolute Gasteiger partial charge is 0.389 e. The fourth-order valence-electron chi connectivity index (χ4n) is 1.56. The number of benzene rings is 1. The van der Waals surface area contributed by atoms with E-state index in [1.807, 2.05) is 31.2 Å². The molecule has 3 nitrogen and oxygen atoms in total. The van der Waals surface area contributed by atoms with Crippen LogP contribution in [0.3, 0.4) is 0 Å². The normalized spacial score (nSPS) is 14.3. The van der Waals surface area contributed by atoms with Gasteiger partial charge in [-0.1, -0.05) is 31.2 Å². The van der Waals surface area contributed by atoms with Crippen molar-refractivity contribution in [2.24, 2.45) is 0 Å². The van der Waals surface area contributed by atoms with Crippen LogP contribution in [-0.2, 0) is 6.42 Å². The first-order valence-electron chi connectivity index (χ1n) is 5.01. The van der Waals surface area contributed by atoms with Crippen LogP contribution in [0.25, 0.3) is 0 Å². The number of nitriles is 1. The van der Waals surface area contributed by atoms with Crippen molar-refractivity contribution in [2.75, 3.05) is 0 Å². The SMILES string of the molecule is CCc1ccccc1C(O)C(O)CC#N. The Hall–Kier alpha value is -1.37. The number of rotatable bonds is 4. The van der Waals surface area contributed by atoms with Crippen LogP contribution >= 0.6 is 0 Å². The van der Waals surface area contributed by atoms with E-state index in [1.54, 1.807) is 6.07 Å². The second-order valence-electron chi connectivity index (χ2n) is 3.43. The maximum absolute atomic E-state index is 9.83. The van der Waals surface area contributed by atoms with Crippen LogP contribution in [0, 0.1) is 11.3 Å². The molecule has 1 aromatic carbocycles. The molecule has 1 aromatic rings. The van der Waals surface area contributed by atoms with Gasteiger partial charge in [0.05, 0.1) is 18.6 Å². The Kier molecular flexibility index (Phi) is 4.29. The molecule has 0 fully saturated rings. The Labute approximate surface area is 89.6 Å². The average molecular weight is 205 g/mol. The van der Waals surface area contributed by atoms with Gasteiger partial charge in [0, 0.05) is 0 Å². The molecule has 15 heavy (non-hydrogen) atoms. The highest BCUT2D eigenvalue weighted by Crippen LogP contribution is 2.22. The summed E-state index contributed by atoms with van der Waals surface area (Å²) in [6, 6.07) is 9.25. The lowest BCUT2D eigenvalue weighted by atomic mass is 9.96. The topological polar surface area (TPSA) is 64.2 Å². The third kappa shape index (κ3) is 2.79. The van der Waals surface area contributed by atoms with E-state index in [-0.39, 0.29) is 6.42 Å². The summed E-state index contributed by atoms with van der Waals surface area (Å²) < 4.78 is 0. The van der Waals surface area contributed by atoms with Crippen molar-refractivity contribution in [3.63, 3.8) is 0 Å². The quantitative estimate of drug-likeness (QED) is 0.784. The van der Waals surface area contributed by atoms with E-state index < -0.39 is 12.2 Å². The monoisotopic (exact) mass is 205 g/mol.